The van der Waals surface area contributed by atoms with Gasteiger partial charge < -0.3 is 5.32 Å². The number of anilines is 1. The summed E-state index contributed by atoms with van der Waals surface area (Å²) >= 11 is 0. The van der Waals surface area contributed by atoms with Gasteiger partial charge in [0.25, 0.3) is 0 Å². The Kier molecular flexibility index (Phi) is 4.19. The molecule has 4 heteroatoms. The highest BCUT2D eigenvalue weighted by molar-refractivity contribution is 5.98. The number of nitriles is 1. The molecule has 20 heavy (non-hydrogen) atoms. The highest BCUT2D eigenvalue weighted by Gasteiger charge is 2.24. The van der Waals surface area contributed by atoms with Crippen LogP contribution < -0.4 is 5.32 Å². The Morgan fingerprint density at radius 3 is 2.70 bits per heavy atom. The molecule has 0 saturated carbocycles. The van der Waals surface area contributed by atoms with Gasteiger partial charge in [0.05, 0.1) is 17.3 Å². The van der Waals surface area contributed by atoms with Crippen LogP contribution >= 0.6 is 0 Å². The average Bonchev–Trinajstić information content (AvgIpc) is 2.46. The summed E-state index contributed by atoms with van der Waals surface area (Å²) in [5, 5.41) is 11.8. The highest BCUT2D eigenvalue weighted by atomic mass is 19.1. The van der Waals surface area contributed by atoms with Gasteiger partial charge in [0.2, 0.25) is 0 Å². The van der Waals surface area contributed by atoms with E-state index in [2.05, 4.69) is 31.1 Å². The molecule has 2 rings (SSSR count). The molecular formula is C16H18FN3. The summed E-state index contributed by atoms with van der Waals surface area (Å²) in [5.41, 5.74) is 1.98. The topological polar surface area (TPSA) is 48.2 Å². The van der Waals surface area contributed by atoms with Crippen molar-refractivity contribution >= 4 is 11.5 Å². The number of hydrogen-bond acceptors (Lipinski definition) is 3. The summed E-state index contributed by atoms with van der Waals surface area (Å²) in [7, 11) is 0. The van der Waals surface area contributed by atoms with E-state index in [-0.39, 0.29) is 5.92 Å². The SMILES string of the molecule is CCC1=CN=C(Nc2ccc(C#N)cc2F)C(C)C1C. The van der Waals surface area contributed by atoms with E-state index in [1.807, 2.05) is 12.3 Å². The molecule has 1 aromatic carbocycles. The van der Waals surface area contributed by atoms with Crippen LogP contribution in [-0.4, -0.2) is 5.84 Å². The zero-order valence-corrected chi connectivity index (χ0v) is 11.9. The maximum Gasteiger partial charge on any atom is 0.147 e. The molecule has 0 saturated heterocycles. The molecule has 0 fully saturated rings. The lowest BCUT2D eigenvalue weighted by Crippen LogP contribution is -2.29. The zero-order chi connectivity index (χ0) is 14.7. The van der Waals surface area contributed by atoms with Gasteiger partial charge in [-0.15, -0.1) is 0 Å². The van der Waals surface area contributed by atoms with Crippen molar-refractivity contribution in [1.82, 2.24) is 0 Å². The number of benzene rings is 1. The molecule has 0 bridgehead atoms. The average molecular weight is 271 g/mol. The van der Waals surface area contributed by atoms with Crippen molar-refractivity contribution < 1.29 is 4.39 Å². The van der Waals surface area contributed by atoms with E-state index in [4.69, 9.17) is 5.26 Å². The van der Waals surface area contributed by atoms with E-state index in [9.17, 15) is 4.39 Å². The fourth-order valence-corrected chi connectivity index (χ4v) is 2.33. The summed E-state index contributed by atoms with van der Waals surface area (Å²) < 4.78 is 13.9. The van der Waals surface area contributed by atoms with Gasteiger partial charge >= 0.3 is 0 Å². The molecule has 1 N–H and O–H groups in total. The second kappa shape index (κ2) is 5.87. The van der Waals surface area contributed by atoms with Crippen LogP contribution in [0.1, 0.15) is 32.8 Å². The van der Waals surface area contributed by atoms with Crippen LogP contribution in [-0.2, 0) is 0 Å². The first-order valence-corrected chi connectivity index (χ1v) is 6.80. The Balaban J connectivity index is 2.24. The molecule has 0 aliphatic carbocycles. The minimum atomic E-state index is -0.433. The standard InChI is InChI=1S/C16H18FN3/c1-4-13-9-19-16(11(3)10(13)2)20-15-6-5-12(8-18)7-14(15)17/h5-7,9-11H,4H2,1-3H3,(H,19,20). The Labute approximate surface area is 118 Å². The van der Waals surface area contributed by atoms with Gasteiger partial charge in [0, 0.05) is 12.1 Å². The van der Waals surface area contributed by atoms with Crippen molar-refractivity contribution in [3.63, 3.8) is 0 Å². The lowest BCUT2D eigenvalue weighted by molar-refractivity contribution is 0.532. The van der Waals surface area contributed by atoms with E-state index >= 15 is 0 Å². The third kappa shape index (κ3) is 2.72. The summed E-state index contributed by atoms with van der Waals surface area (Å²) in [4.78, 5) is 4.40. The van der Waals surface area contributed by atoms with E-state index in [1.54, 1.807) is 12.1 Å². The van der Waals surface area contributed by atoms with Crippen molar-refractivity contribution in [3.8, 4) is 6.07 Å². The Bertz CT molecular complexity index is 611. The fourth-order valence-electron chi connectivity index (χ4n) is 2.33. The number of nitrogens with zero attached hydrogens (tertiary/aromatic N) is 2. The number of rotatable bonds is 2. The van der Waals surface area contributed by atoms with Crippen LogP contribution in [0, 0.1) is 29.0 Å². The molecule has 2 unspecified atom stereocenters. The molecule has 2 atom stereocenters. The number of halogens is 1. The Hall–Kier alpha value is -2.15. The molecular weight excluding hydrogens is 253 g/mol. The van der Waals surface area contributed by atoms with E-state index in [0.717, 1.165) is 12.3 Å². The van der Waals surface area contributed by atoms with Gasteiger partial charge in [-0.05, 0) is 36.1 Å². The van der Waals surface area contributed by atoms with Crippen molar-refractivity contribution in [2.45, 2.75) is 27.2 Å². The molecule has 1 aliphatic heterocycles. The molecule has 0 spiro atoms. The van der Waals surface area contributed by atoms with Crippen LogP contribution in [0.2, 0.25) is 0 Å². The van der Waals surface area contributed by atoms with E-state index in [1.165, 1.54) is 11.6 Å². The van der Waals surface area contributed by atoms with Crippen LogP contribution in [0.3, 0.4) is 0 Å². The van der Waals surface area contributed by atoms with Crippen LogP contribution in [0.15, 0.2) is 35.0 Å². The minimum absolute atomic E-state index is 0.213. The van der Waals surface area contributed by atoms with Crippen molar-refractivity contribution in [2.75, 3.05) is 5.32 Å². The van der Waals surface area contributed by atoms with Gasteiger partial charge in [-0.1, -0.05) is 20.8 Å². The Morgan fingerprint density at radius 2 is 2.10 bits per heavy atom. The van der Waals surface area contributed by atoms with E-state index in [0.29, 0.717) is 17.2 Å². The van der Waals surface area contributed by atoms with Gasteiger partial charge in [0.15, 0.2) is 0 Å². The van der Waals surface area contributed by atoms with Crippen LogP contribution in [0.5, 0.6) is 0 Å². The van der Waals surface area contributed by atoms with Crippen LogP contribution in [0.25, 0.3) is 0 Å². The summed E-state index contributed by atoms with van der Waals surface area (Å²) in [6.07, 6.45) is 2.85. The first-order chi connectivity index (χ1) is 9.56. The molecule has 0 radical (unpaired) electrons. The largest absolute Gasteiger partial charge is 0.341 e. The van der Waals surface area contributed by atoms with Crippen molar-refractivity contribution in [1.29, 1.82) is 5.26 Å². The van der Waals surface area contributed by atoms with Gasteiger partial charge in [-0.25, -0.2) is 9.38 Å². The molecule has 104 valence electrons. The monoisotopic (exact) mass is 271 g/mol. The maximum absolute atomic E-state index is 13.9. The molecule has 0 amide bonds. The number of amidine groups is 1. The summed E-state index contributed by atoms with van der Waals surface area (Å²) in [6, 6.07) is 6.32. The maximum atomic E-state index is 13.9. The van der Waals surface area contributed by atoms with Crippen molar-refractivity contribution in [2.24, 2.45) is 16.8 Å². The predicted octanol–water partition coefficient (Wildman–Crippen LogP) is 4.09. The third-order valence-corrected chi connectivity index (χ3v) is 3.90. The first-order valence-electron chi connectivity index (χ1n) is 6.80. The number of nitrogens with one attached hydrogen (secondary N) is 1. The molecule has 1 aliphatic rings. The van der Waals surface area contributed by atoms with Gasteiger partial charge in [-0.3, -0.25) is 0 Å². The number of allylic oxidation sites excluding steroid dienone is 1. The molecule has 1 heterocycles. The number of aliphatic imine (C=N–C) groups is 1. The van der Waals surface area contributed by atoms with Crippen LogP contribution in [0.4, 0.5) is 10.1 Å². The second-order valence-electron chi connectivity index (χ2n) is 5.08. The highest BCUT2D eigenvalue weighted by Crippen LogP contribution is 2.29. The Morgan fingerprint density at radius 1 is 1.35 bits per heavy atom. The molecule has 3 nitrogen and oxygen atoms in total. The third-order valence-electron chi connectivity index (χ3n) is 3.90. The normalized spacial score (nSPS) is 21.8. The fraction of sp³-hybridized carbons (Fsp3) is 0.375. The molecule has 0 aromatic heterocycles. The minimum Gasteiger partial charge on any atom is -0.341 e. The molecule has 1 aromatic rings. The number of hydrogen-bond donors (Lipinski definition) is 1. The van der Waals surface area contributed by atoms with Gasteiger partial charge in [-0.2, -0.15) is 5.26 Å². The summed E-state index contributed by atoms with van der Waals surface area (Å²) in [6.45, 7) is 6.36. The first kappa shape index (κ1) is 14.3. The predicted molar refractivity (Wildman–Crippen MR) is 78.9 cm³/mol. The quantitative estimate of drug-likeness (QED) is 0.880. The lowest BCUT2D eigenvalue weighted by atomic mass is 9.85. The van der Waals surface area contributed by atoms with Gasteiger partial charge in [0.1, 0.15) is 11.7 Å². The smallest absolute Gasteiger partial charge is 0.147 e. The van der Waals surface area contributed by atoms with Crippen molar-refractivity contribution in [3.05, 3.63) is 41.4 Å². The van der Waals surface area contributed by atoms with E-state index < -0.39 is 5.82 Å². The second-order valence-corrected chi connectivity index (χ2v) is 5.08. The lowest BCUT2D eigenvalue weighted by Gasteiger charge is -2.27. The summed E-state index contributed by atoms with van der Waals surface area (Å²) in [5.74, 6) is 0.932. The zero-order valence-electron chi connectivity index (χ0n) is 11.9.